The van der Waals surface area contributed by atoms with Gasteiger partial charge < -0.3 is 0 Å². The molecule has 0 spiro atoms. The highest BCUT2D eigenvalue weighted by molar-refractivity contribution is 7.99. The first-order valence-electron chi connectivity index (χ1n) is 8.23. The number of nitro benzene ring substituents is 1. The fourth-order valence-electron chi connectivity index (χ4n) is 2.52. The molecule has 3 aromatic rings. The maximum Gasteiger partial charge on any atom is 0.270 e. The Labute approximate surface area is 160 Å². The Morgan fingerprint density at radius 1 is 1.07 bits per heavy atom. The number of amides is 1. The second-order valence-electron chi connectivity index (χ2n) is 5.82. The van der Waals surface area contributed by atoms with Crippen molar-refractivity contribution >= 4 is 40.3 Å². The molecule has 0 atom stereocenters. The number of hydrogen-bond acceptors (Lipinski definition) is 5. The summed E-state index contributed by atoms with van der Waals surface area (Å²) in [6, 6.07) is 20.5. The quantitative estimate of drug-likeness (QED) is 0.380. The Balaban J connectivity index is 1.46. The number of hydrogen-bond donors (Lipinski definition) is 1. The molecule has 0 bridgehead atoms. The van der Waals surface area contributed by atoms with Crippen molar-refractivity contribution in [3.63, 3.8) is 0 Å². The molecular formula is C20H17N3O3S. The molecule has 0 heterocycles. The van der Waals surface area contributed by atoms with Gasteiger partial charge in [-0.05, 0) is 16.3 Å². The van der Waals surface area contributed by atoms with Crippen molar-refractivity contribution < 1.29 is 9.72 Å². The molecule has 0 aromatic heterocycles. The lowest BCUT2D eigenvalue weighted by Crippen LogP contribution is -2.19. The van der Waals surface area contributed by atoms with Gasteiger partial charge in [-0.3, -0.25) is 14.9 Å². The van der Waals surface area contributed by atoms with Gasteiger partial charge in [-0.1, -0.05) is 54.6 Å². The molecule has 0 radical (unpaired) electrons. The molecule has 0 fully saturated rings. The van der Waals surface area contributed by atoms with Crippen LogP contribution in [0.5, 0.6) is 0 Å². The van der Waals surface area contributed by atoms with Crippen molar-refractivity contribution in [3.8, 4) is 0 Å². The molecule has 7 heteroatoms. The molecule has 27 heavy (non-hydrogen) atoms. The number of carbonyl (C=O) groups excluding carboxylic acids is 1. The zero-order valence-electron chi connectivity index (χ0n) is 14.4. The van der Waals surface area contributed by atoms with Crippen molar-refractivity contribution in [1.82, 2.24) is 5.43 Å². The van der Waals surface area contributed by atoms with E-state index in [4.69, 9.17) is 0 Å². The summed E-state index contributed by atoms with van der Waals surface area (Å²) in [5.41, 5.74) is 4.13. The monoisotopic (exact) mass is 379 g/mol. The number of non-ortho nitro benzene ring substituents is 1. The van der Waals surface area contributed by atoms with Gasteiger partial charge in [0, 0.05) is 23.4 Å². The van der Waals surface area contributed by atoms with Gasteiger partial charge in [-0.2, -0.15) is 5.10 Å². The minimum absolute atomic E-state index is 0.0174. The van der Waals surface area contributed by atoms with E-state index < -0.39 is 4.92 Å². The number of hydrazone groups is 1. The highest BCUT2D eigenvalue weighted by atomic mass is 32.2. The van der Waals surface area contributed by atoms with Crippen LogP contribution < -0.4 is 5.43 Å². The predicted octanol–water partition coefficient (Wildman–Crippen LogP) is 4.13. The van der Waals surface area contributed by atoms with Crippen LogP contribution in [-0.4, -0.2) is 22.8 Å². The summed E-state index contributed by atoms with van der Waals surface area (Å²) < 4.78 is 0. The minimum Gasteiger partial charge on any atom is -0.272 e. The summed E-state index contributed by atoms with van der Waals surface area (Å²) in [4.78, 5) is 22.1. The maximum absolute atomic E-state index is 11.9. The zero-order valence-corrected chi connectivity index (χ0v) is 15.2. The molecule has 1 N–H and O–H groups in total. The van der Waals surface area contributed by atoms with Crippen LogP contribution in [0.25, 0.3) is 10.8 Å². The number of thioether (sulfide) groups is 1. The molecule has 0 aliphatic heterocycles. The number of nitro groups is 1. The molecule has 3 rings (SSSR count). The fraction of sp³-hybridized carbons (Fsp3) is 0.100. The predicted molar refractivity (Wildman–Crippen MR) is 109 cm³/mol. The highest BCUT2D eigenvalue weighted by Gasteiger charge is 2.05. The van der Waals surface area contributed by atoms with Gasteiger partial charge in [0.1, 0.15) is 0 Å². The maximum atomic E-state index is 11.9. The average Bonchev–Trinajstić information content (AvgIpc) is 2.68. The molecular weight excluding hydrogens is 362 g/mol. The van der Waals surface area contributed by atoms with Gasteiger partial charge in [0.15, 0.2) is 0 Å². The Hall–Kier alpha value is -3.19. The number of carbonyl (C=O) groups is 1. The standard InChI is InChI=1S/C20H17N3O3S/c24-20(22-21-12-15-4-3-7-19(11-15)23(25)26)14-27-13-16-8-9-17-5-1-2-6-18(17)10-16/h1-12H,13-14H2,(H,22,24)/b21-12-. The number of benzene rings is 3. The summed E-state index contributed by atoms with van der Waals surface area (Å²) in [7, 11) is 0. The number of nitrogens with one attached hydrogen (secondary N) is 1. The lowest BCUT2D eigenvalue weighted by Gasteiger charge is -2.04. The van der Waals surface area contributed by atoms with Crippen molar-refractivity contribution in [3.05, 3.63) is 88.0 Å². The van der Waals surface area contributed by atoms with E-state index >= 15 is 0 Å². The van der Waals surface area contributed by atoms with Gasteiger partial charge in [0.25, 0.3) is 5.69 Å². The van der Waals surface area contributed by atoms with Crippen molar-refractivity contribution in [2.45, 2.75) is 5.75 Å². The van der Waals surface area contributed by atoms with Gasteiger partial charge >= 0.3 is 0 Å². The summed E-state index contributed by atoms with van der Waals surface area (Å²) in [5.74, 6) is 0.786. The van der Waals surface area contributed by atoms with Crippen LogP contribution in [0.15, 0.2) is 71.8 Å². The number of nitrogens with zero attached hydrogens (tertiary/aromatic N) is 2. The van der Waals surface area contributed by atoms with Crippen LogP contribution in [-0.2, 0) is 10.5 Å². The summed E-state index contributed by atoms with van der Waals surface area (Å²) in [6.45, 7) is 0. The molecule has 1 amide bonds. The molecule has 0 aliphatic carbocycles. The van der Waals surface area contributed by atoms with E-state index in [9.17, 15) is 14.9 Å². The molecule has 6 nitrogen and oxygen atoms in total. The molecule has 0 saturated carbocycles. The lowest BCUT2D eigenvalue weighted by molar-refractivity contribution is -0.384. The SMILES string of the molecule is O=C(CSCc1ccc2ccccc2c1)N/N=C\c1cccc([N+](=O)[O-])c1. The lowest BCUT2D eigenvalue weighted by atomic mass is 10.1. The third kappa shape index (κ3) is 5.39. The minimum atomic E-state index is -0.473. The zero-order chi connectivity index (χ0) is 19.1. The van der Waals surface area contributed by atoms with Crippen LogP contribution in [0.2, 0.25) is 0 Å². The van der Waals surface area contributed by atoms with Crippen molar-refractivity contribution in [2.24, 2.45) is 5.10 Å². The van der Waals surface area contributed by atoms with Gasteiger partial charge in [0.05, 0.1) is 16.9 Å². The Kier molecular flexibility index (Phi) is 6.17. The third-order valence-corrected chi connectivity index (χ3v) is 4.80. The van der Waals surface area contributed by atoms with Gasteiger partial charge in [-0.25, -0.2) is 5.43 Å². The summed E-state index contributed by atoms with van der Waals surface area (Å²) in [6.07, 6.45) is 1.39. The van der Waals surface area contributed by atoms with E-state index in [-0.39, 0.29) is 17.3 Å². The van der Waals surface area contributed by atoms with E-state index in [1.54, 1.807) is 12.1 Å². The van der Waals surface area contributed by atoms with Crippen LogP contribution in [0.1, 0.15) is 11.1 Å². The van der Waals surface area contributed by atoms with Crippen LogP contribution in [0.4, 0.5) is 5.69 Å². The number of fused-ring (bicyclic) bond motifs is 1. The number of rotatable bonds is 7. The Morgan fingerprint density at radius 2 is 1.89 bits per heavy atom. The van der Waals surface area contributed by atoms with Crippen LogP contribution >= 0.6 is 11.8 Å². The smallest absolute Gasteiger partial charge is 0.270 e. The van der Waals surface area contributed by atoms with E-state index in [1.807, 2.05) is 12.1 Å². The summed E-state index contributed by atoms with van der Waals surface area (Å²) >= 11 is 1.50. The first-order valence-corrected chi connectivity index (χ1v) is 9.39. The Bertz CT molecular complexity index is 1000. The van der Waals surface area contributed by atoms with E-state index in [2.05, 4.69) is 40.9 Å². The second kappa shape index (κ2) is 8.95. The van der Waals surface area contributed by atoms with Crippen LogP contribution in [0, 0.1) is 10.1 Å². The van der Waals surface area contributed by atoms with Crippen molar-refractivity contribution in [1.29, 1.82) is 0 Å². The van der Waals surface area contributed by atoms with Crippen molar-refractivity contribution in [2.75, 3.05) is 5.75 Å². The van der Waals surface area contributed by atoms with Gasteiger partial charge in [0.2, 0.25) is 5.91 Å². The molecule has 0 saturated heterocycles. The van der Waals surface area contributed by atoms with Gasteiger partial charge in [-0.15, -0.1) is 11.8 Å². The Morgan fingerprint density at radius 3 is 2.70 bits per heavy atom. The van der Waals surface area contributed by atoms with Crippen LogP contribution in [0.3, 0.4) is 0 Å². The molecule has 3 aromatic carbocycles. The second-order valence-corrected chi connectivity index (χ2v) is 6.81. The average molecular weight is 379 g/mol. The fourth-order valence-corrected chi connectivity index (χ4v) is 3.29. The van der Waals surface area contributed by atoms with E-state index in [1.165, 1.54) is 40.9 Å². The highest BCUT2D eigenvalue weighted by Crippen LogP contribution is 2.19. The summed E-state index contributed by atoms with van der Waals surface area (Å²) in [5, 5.41) is 17.0. The molecule has 136 valence electrons. The largest absolute Gasteiger partial charge is 0.272 e. The third-order valence-electron chi connectivity index (χ3n) is 3.80. The van der Waals surface area contributed by atoms with E-state index in [0.717, 1.165) is 11.3 Å². The van der Waals surface area contributed by atoms with E-state index in [0.29, 0.717) is 5.56 Å². The first kappa shape index (κ1) is 18.6. The molecule has 0 unspecified atom stereocenters. The first-order chi connectivity index (χ1) is 13.1. The molecule has 0 aliphatic rings. The topological polar surface area (TPSA) is 84.6 Å². The normalized spacial score (nSPS) is 11.0.